The summed E-state index contributed by atoms with van der Waals surface area (Å²) in [5, 5.41) is 6.33. The van der Waals surface area contributed by atoms with Gasteiger partial charge < -0.3 is 15.5 Å². The molecule has 2 N–H and O–H groups in total. The fraction of sp³-hybridized carbons (Fsp3) is 0.462. The van der Waals surface area contributed by atoms with E-state index in [9.17, 15) is 14.4 Å². The lowest BCUT2D eigenvalue weighted by Crippen LogP contribution is -2.35. The Morgan fingerprint density at radius 2 is 1.86 bits per heavy atom. The van der Waals surface area contributed by atoms with Crippen LogP contribution in [0.15, 0.2) is 41.5 Å². The smallest absolute Gasteiger partial charge is 0.262 e. The summed E-state index contributed by atoms with van der Waals surface area (Å²) in [6.45, 7) is 4.60. The Kier molecular flexibility index (Phi) is 8.52. The highest BCUT2D eigenvalue weighted by Gasteiger charge is 2.20. The van der Waals surface area contributed by atoms with Crippen LogP contribution >= 0.6 is 11.3 Å². The number of carbonyl (C=O) groups is 2. The molecule has 0 radical (unpaired) electrons. The van der Waals surface area contributed by atoms with Gasteiger partial charge in [-0.3, -0.25) is 19.0 Å². The summed E-state index contributed by atoms with van der Waals surface area (Å²) in [5.74, 6) is -0.398. The molecule has 0 bridgehead atoms. The van der Waals surface area contributed by atoms with Crippen molar-refractivity contribution in [3.8, 4) is 0 Å². The van der Waals surface area contributed by atoms with Crippen molar-refractivity contribution in [1.29, 1.82) is 0 Å². The lowest BCUT2D eigenvalue weighted by Gasteiger charge is -2.23. The highest BCUT2D eigenvalue weighted by Crippen LogP contribution is 2.33. The summed E-state index contributed by atoms with van der Waals surface area (Å²) in [5.41, 5.74) is 2.14. The second kappa shape index (κ2) is 12.0. The molecule has 0 fully saturated rings. The Morgan fingerprint density at radius 1 is 1.09 bits per heavy atom. The maximum atomic E-state index is 13.0. The van der Waals surface area contributed by atoms with Crippen molar-refractivity contribution in [2.45, 2.75) is 52.0 Å². The largest absolute Gasteiger partial charge is 0.372 e. The highest BCUT2D eigenvalue weighted by molar-refractivity contribution is 7.18. The Hall–Kier alpha value is -3.20. The predicted octanol–water partition coefficient (Wildman–Crippen LogP) is 2.88. The molecule has 0 unspecified atom stereocenters. The average molecular weight is 496 g/mol. The monoisotopic (exact) mass is 495 g/mol. The molecule has 0 atom stereocenters. The van der Waals surface area contributed by atoms with Crippen LogP contribution in [-0.4, -0.2) is 47.5 Å². The fourth-order valence-corrected chi connectivity index (χ4v) is 5.73. The zero-order valence-electron chi connectivity index (χ0n) is 20.2. The van der Waals surface area contributed by atoms with E-state index in [1.54, 1.807) is 11.3 Å². The van der Waals surface area contributed by atoms with E-state index in [4.69, 9.17) is 0 Å². The third kappa shape index (κ3) is 6.28. The van der Waals surface area contributed by atoms with E-state index in [1.165, 1.54) is 21.5 Å². The fourth-order valence-electron chi connectivity index (χ4n) is 4.51. The molecule has 1 aliphatic rings. The second-order valence-corrected chi connectivity index (χ2v) is 9.87. The number of nitrogens with zero attached hydrogens (tertiary/aromatic N) is 3. The molecule has 0 saturated carbocycles. The van der Waals surface area contributed by atoms with Crippen LogP contribution in [0.25, 0.3) is 10.2 Å². The summed E-state index contributed by atoms with van der Waals surface area (Å²) >= 11 is 1.60. The standard InChI is InChI=1S/C26H33N5O3S/c1-2-30(19-9-4-3-5-10-19)16-8-14-27-22(32)13-15-28-23(33)17-31-18-29-25-24(26(31)34)20-11-6-7-12-21(20)35-25/h3-5,9-10,18H,2,6-8,11-17H2,1H3,(H,27,32)(H,28,33). The minimum absolute atomic E-state index is 0.0969. The van der Waals surface area contributed by atoms with Crippen LogP contribution in [0.1, 0.15) is 43.0 Å². The van der Waals surface area contributed by atoms with Gasteiger partial charge in [0.2, 0.25) is 11.8 Å². The van der Waals surface area contributed by atoms with E-state index < -0.39 is 0 Å². The maximum Gasteiger partial charge on any atom is 0.262 e. The summed E-state index contributed by atoms with van der Waals surface area (Å²) in [7, 11) is 0. The third-order valence-corrected chi connectivity index (χ3v) is 7.56. The molecule has 2 heterocycles. The number of amides is 2. The molecule has 35 heavy (non-hydrogen) atoms. The number of aromatic nitrogens is 2. The molecule has 4 rings (SSSR count). The summed E-state index contributed by atoms with van der Waals surface area (Å²) in [6.07, 6.45) is 6.63. The molecule has 9 heteroatoms. The minimum Gasteiger partial charge on any atom is -0.372 e. The molecule has 1 aromatic carbocycles. The summed E-state index contributed by atoms with van der Waals surface area (Å²) in [6, 6.07) is 10.2. The Morgan fingerprint density at radius 3 is 2.66 bits per heavy atom. The number of rotatable bonds is 11. The molecule has 2 aromatic heterocycles. The predicted molar refractivity (Wildman–Crippen MR) is 140 cm³/mol. The van der Waals surface area contributed by atoms with Crippen LogP contribution < -0.4 is 21.1 Å². The van der Waals surface area contributed by atoms with E-state index in [1.807, 2.05) is 18.2 Å². The van der Waals surface area contributed by atoms with Gasteiger partial charge in [-0.05, 0) is 56.7 Å². The zero-order valence-corrected chi connectivity index (χ0v) is 21.0. The number of para-hydroxylation sites is 1. The van der Waals surface area contributed by atoms with Gasteiger partial charge >= 0.3 is 0 Å². The maximum absolute atomic E-state index is 13.0. The SMILES string of the molecule is CCN(CCCNC(=O)CCNC(=O)Cn1cnc2sc3c(c2c1=O)CCCC3)c1ccccc1. The van der Waals surface area contributed by atoms with E-state index in [0.29, 0.717) is 11.9 Å². The minimum atomic E-state index is -0.299. The van der Waals surface area contributed by atoms with Crippen molar-refractivity contribution in [3.63, 3.8) is 0 Å². The van der Waals surface area contributed by atoms with Gasteiger partial charge in [0.1, 0.15) is 11.4 Å². The van der Waals surface area contributed by atoms with E-state index in [2.05, 4.69) is 39.6 Å². The van der Waals surface area contributed by atoms with Crippen LogP contribution in [0.2, 0.25) is 0 Å². The first-order valence-corrected chi connectivity index (χ1v) is 13.2. The summed E-state index contributed by atoms with van der Waals surface area (Å²) < 4.78 is 1.37. The van der Waals surface area contributed by atoms with Crippen LogP contribution in [0.4, 0.5) is 5.69 Å². The van der Waals surface area contributed by atoms with Gasteiger partial charge in [-0.25, -0.2) is 4.98 Å². The zero-order chi connectivity index (χ0) is 24.6. The highest BCUT2D eigenvalue weighted by atomic mass is 32.1. The number of fused-ring (bicyclic) bond motifs is 3. The van der Waals surface area contributed by atoms with Gasteiger partial charge in [-0.2, -0.15) is 0 Å². The van der Waals surface area contributed by atoms with E-state index >= 15 is 0 Å². The molecule has 2 amide bonds. The number of nitrogens with one attached hydrogen (secondary N) is 2. The Bertz CT molecular complexity index is 1220. The van der Waals surface area contributed by atoms with Crippen LogP contribution in [-0.2, 0) is 29.0 Å². The number of anilines is 1. The second-order valence-electron chi connectivity index (χ2n) is 8.79. The molecule has 3 aromatic rings. The number of benzene rings is 1. The van der Waals surface area contributed by atoms with Crippen molar-refractivity contribution in [2.75, 3.05) is 31.1 Å². The lowest BCUT2D eigenvalue weighted by molar-refractivity contribution is -0.122. The van der Waals surface area contributed by atoms with Gasteiger partial charge in [0, 0.05) is 43.2 Å². The van der Waals surface area contributed by atoms with Crippen molar-refractivity contribution >= 4 is 39.1 Å². The normalized spacial score (nSPS) is 12.8. The Balaban J connectivity index is 1.18. The number of carbonyl (C=O) groups excluding carboxylic acids is 2. The van der Waals surface area contributed by atoms with E-state index in [0.717, 1.165) is 55.6 Å². The van der Waals surface area contributed by atoms with Gasteiger partial charge in [-0.15, -0.1) is 11.3 Å². The first-order chi connectivity index (χ1) is 17.1. The van der Waals surface area contributed by atoms with Crippen molar-refractivity contribution in [3.05, 3.63) is 57.5 Å². The molecule has 1 aliphatic carbocycles. The molecule has 0 aliphatic heterocycles. The van der Waals surface area contributed by atoms with Crippen LogP contribution in [0.3, 0.4) is 0 Å². The molecular formula is C26H33N5O3S. The topological polar surface area (TPSA) is 96.3 Å². The van der Waals surface area contributed by atoms with Crippen molar-refractivity contribution < 1.29 is 9.59 Å². The van der Waals surface area contributed by atoms with E-state index in [-0.39, 0.29) is 36.9 Å². The number of hydrogen-bond donors (Lipinski definition) is 2. The van der Waals surface area contributed by atoms with Gasteiger partial charge in [0.25, 0.3) is 5.56 Å². The third-order valence-electron chi connectivity index (χ3n) is 6.36. The quantitative estimate of drug-likeness (QED) is 0.399. The molecular weight excluding hydrogens is 462 g/mol. The van der Waals surface area contributed by atoms with Crippen molar-refractivity contribution in [2.24, 2.45) is 0 Å². The average Bonchev–Trinajstić information content (AvgIpc) is 3.26. The molecule has 186 valence electrons. The lowest BCUT2D eigenvalue weighted by atomic mass is 9.97. The van der Waals surface area contributed by atoms with Gasteiger partial charge in [-0.1, -0.05) is 18.2 Å². The summed E-state index contributed by atoms with van der Waals surface area (Å²) in [4.78, 5) is 46.2. The number of hydrogen-bond acceptors (Lipinski definition) is 6. The molecule has 0 saturated heterocycles. The Labute approximate surface area is 209 Å². The molecule has 8 nitrogen and oxygen atoms in total. The number of aryl methyl sites for hydroxylation is 2. The van der Waals surface area contributed by atoms with Crippen LogP contribution in [0.5, 0.6) is 0 Å². The van der Waals surface area contributed by atoms with Gasteiger partial charge in [0.05, 0.1) is 11.7 Å². The van der Waals surface area contributed by atoms with Crippen molar-refractivity contribution in [1.82, 2.24) is 20.2 Å². The first kappa shape index (κ1) is 24.9. The number of thiophene rings is 1. The molecule has 0 spiro atoms. The van der Waals surface area contributed by atoms with Gasteiger partial charge in [0.15, 0.2) is 0 Å². The first-order valence-electron chi connectivity index (χ1n) is 12.4. The van der Waals surface area contributed by atoms with Crippen LogP contribution in [0, 0.1) is 0 Å².